The topological polar surface area (TPSA) is 26.3 Å². The third-order valence-electron chi connectivity index (χ3n) is 3.52. The van der Waals surface area contributed by atoms with E-state index in [9.17, 15) is 4.57 Å². The van der Waals surface area contributed by atoms with Crippen LogP contribution in [0.15, 0.2) is 84.9 Å². The molecule has 0 spiro atoms. The van der Waals surface area contributed by atoms with Gasteiger partial charge in [-0.15, -0.1) is 0 Å². The fourth-order valence-electron chi connectivity index (χ4n) is 2.29. The highest BCUT2D eigenvalue weighted by Crippen LogP contribution is 2.45. The fraction of sp³-hybridized carbons (Fsp3) is 0.0526. The van der Waals surface area contributed by atoms with Gasteiger partial charge in [-0.3, -0.25) is 4.57 Å². The van der Waals surface area contributed by atoms with Crippen LogP contribution in [-0.4, -0.2) is 0 Å². The van der Waals surface area contributed by atoms with Crippen LogP contribution in [0.2, 0.25) is 0 Å². The van der Waals surface area contributed by atoms with Gasteiger partial charge in [0.1, 0.15) is 0 Å². The maximum atomic E-state index is 13.6. The molecule has 0 atom stereocenters. The van der Waals surface area contributed by atoms with Crippen LogP contribution in [-0.2, 0) is 15.7 Å². The van der Waals surface area contributed by atoms with E-state index in [4.69, 9.17) is 4.52 Å². The highest BCUT2D eigenvalue weighted by Gasteiger charge is 2.28. The SMILES string of the molecule is O=P(OCc1ccc(I)cc1)(c1ccccc1)c1ccccc1. The average Bonchev–Trinajstić information content (AvgIpc) is 2.62. The molecule has 4 heteroatoms. The maximum Gasteiger partial charge on any atom is 0.261 e. The van der Waals surface area contributed by atoms with Crippen LogP contribution >= 0.6 is 30.0 Å². The van der Waals surface area contributed by atoms with E-state index in [0.29, 0.717) is 6.61 Å². The molecule has 0 aliphatic heterocycles. The number of halogens is 1. The van der Waals surface area contributed by atoms with Crippen LogP contribution in [0.4, 0.5) is 0 Å². The van der Waals surface area contributed by atoms with Crippen molar-refractivity contribution in [3.8, 4) is 0 Å². The van der Waals surface area contributed by atoms with E-state index in [2.05, 4.69) is 22.6 Å². The second kappa shape index (κ2) is 7.43. The Kier molecular flexibility index (Phi) is 5.31. The molecule has 0 N–H and O–H groups in total. The number of benzene rings is 3. The summed E-state index contributed by atoms with van der Waals surface area (Å²) in [6, 6.07) is 26.9. The Bertz CT molecular complexity index is 758. The molecule has 0 bridgehead atoms. The first kappa shape index (κ1) is 16.4. The molecule has 0 aliphatic carbocycles. The lowest BCUT2D eigenvalue weighted by Crippen LogP contribution is -2.18. The zero-order valence-corrected chi connectivity index (χ0v) is 15.5. The summed E-state index contributed by atoms with van der Waals surface area (Å²) in [6.07, 6.45) is 0. The second-order valence-electron chi connectivity index (χ2n) is 5.12. The summed E-state index contributed by atoms with van der Waals surface area (Å²) in [5, 5.41) is 1.44. The Morgan fingerprint density at radius 3 is 1.70 bits per heavy atom. The first-order chi connectivity index (χ1) is 11.2. The van der Waals surface area contributed by atoms with Crippen molar-refractivity contribution in [2.75, 3.05) is 0 Å². The zero-order valence-electron chi connectivity index (χ0n) is 12.4. The Labute approximate surface area is 150 Å². The van der Waals surface area contributed by atoms with Crippen molar-refractivity contribution >= 4 is 40.6 Å². The monoisotopic (exact) mass is 434 g/mol. The van der Waals surface area contributed by atoms with Gasteiger partial charge < -0.3 is 4.52 Å². The minimum absolute atomic E-state index is 0.317. The summed E-state index contributed by atoms with van der Waals surface area (Å²) >= 11 is 2.26. The van der Waals surface area contributed by atoms with E-state index in [-0.39, 0.29) is 0 Å². The summed E-state index contributed by atoms with van der Waals surface area (Å²) in [5.74, 6) is 0. The lowest BCUT2D eigenvalue weighted by Gasteiger charge is -2.19. The van der Waals surface area contributed by atoms with E-state index in [1.807, 2.05) is 84.9 Å². The predicted octanol–water partition coefficient (Wildman–Crippen LogP) is 4.74. The summed E-state index contributed by atoms with van der Waals surface area (Å²) in [7, 11) is -3.10. The van der Waals surface area contributed by atoms with Gasteiger partial charge in [-0.1, -0.05) is 48.5 Å². The molecule has 0 radical (unpaired) electrons. The van der Waals surface area contributed by atoms with Gasteiger partial charge in [0.05, 0.1) is 6.61 Å². The van der Waals surface area contributed by atoms with Gasteiger partial charge >= 0.3 is 0 Å². The van der Waals surface area contributed by atoms with Crippen LogP contribution in [0.25, 0.3) is 0 Å². The van der Waals surface area contributed by atoms with Gasteiger partial charge in [-0.25, -0.2) is 0 Å². The summed E-state index contributed by atoms with van der Waals surface area (Å²) in [6.45, 7) is 0.317. The van der Waals surface area contributed by atoms with Crippen molar-refractivity contribution in [1.29, 1.82) is 0 Å². The average molecular weight is 434 g/mol. The molecular formula is C19H16IO2P. The minimum Gasteiger partial charge on any atom is -0.317 e. The summed E-state index contributed by atoms with van der Waals surface area (Å²) in [5.41, 5.74) is 1.01. The summed E-state index contributed by atoms with van der Waals surface area (Å²) in [4.78, 5) is 0. The molecule has 2 nitrogen and oxygen atoms in total. The normalized spacial score (nSPS) is 11.3. The third-order valence-corrected chi connectivity index (χ3v) is 6.69. The molecule has 0 heterocycles. The van der Waals surface area contributed by atoms with Crippen molar-refractivity contribution in [1.82, 2.24) is 0 Å². The maximum absolute atomic E-state index is 13.6. The Morgan fingerprint density at radius 2 is 1.22 bits per heavy atom. The standard InChI is InChI=1S/C19H16IO2P/c20-17-13-11-16(12-14-17)15-22-23(21,18-7-3-1-4-8-18)19-9-5-2-6-10-19/h1-14H,15H2. The fourth-order valence-corrected chi connectivity index (χ4v) is 4.71. The Balaban J connectivity index is 1.93. The van der Waals surface area contributed by atoms with Gasteiger partial charge in [-0.05, 0) is 64.6 Å². The van der Waals surface area contributed by atoms with Crippen LogP contribution in [0.3, 0.4) is 0 Å². The van der Waals surface area contributed by atoms with Crippen molar-refractivity contribution in [3.05, 3.63) is 94.1 Å². The molecule has 116 valence electrons. The number of hydrogen-bond acceptors (Lipinski definition) is 2. The van der Waals surface area contributed by atoms with Crippen molar-refractivity contribution < 1.29 is 9.09 Å². The molecule has 3 aromatic rings. The van der Waals surface area contributed by atoms with Crippen LogP contribution in [0, 0.1) is 3.57 Å². The number of rotatable bonds is 5. The molecule has 0 aromatic heterocycles. The summed E-state index contributed by atoms with van der Waals surface area (Å²) < 4.78 is 20.8. The lowest BCUT2D eigenvalue weighted by atomic mass is 10.2. The molecule has 0 saturated carbocycles. The number of hydrogen-bond donors (Lipinski definition) is 0. The van der Waals surface area contributed by atoms with E-state index in [1.54, 1.807) is 0 Å². The van der Waals surface area contributed by atoms with E-state index >= 15 is 0 Å². The first-order valence-electron chi connectivity index (χ1n) is 7.29. The largest absolute Gasteiger partial charge is 0.317 e. The second-order valence-corrected chi connectivity index (χ2v) is 8.76. The molecule has 0 saturated heterocycles. The van der Waals surface area contributed by atoms with Crippen molar-refractivity contribution in [2.45, 2.75) is 6.61 Å². The van der Waals surface area contributed by atoms with Crippen LogP contribution in [0.1, 0.15) is 5.56 Å². The van der Waals surface area contributed by atoms with Gasteiger partial charge in [0.25, 0.3) is 7.37 Å². The van der Waals surface area contributed by atoms with E-state index in [1.165, 1.54) is 3.57 Å². The Hall–Kier alpha value is -1.42. The Morgan fingerprint density at radius 1 is 0.739 bits per heavy atom. The van der Waals surface area contributed by atoms with Crippen molar-refractivity contribution in [2.24, 2.45) is 0 Å². The van der Waals surface area contributed by atoms with Crippen LogP contribution < -0.4 is 10.6 Å². The highest BCUT2D eigenvalue weighted by atomic mass is 127. The minimum atomic E-state index is -3.10. The van der Waals surface area contributed by atoms with Crippen LogP contribution in [0.5, 0.6) is 0 Å². The quantitative estimate of drug-likeness (QED) is 0.429. The molecule has 0 aliphatic rings. The molecule has 0 fully saturated rings. The zero-order chi connectivity index (χ0) is 16.1. The molecular weight excluding hydrogens is 418 g/mol. The van der Waals surface area contributed by atoms with Crippen molar-refractivity contribution in [3.63, 3.8) is 0 Å². The lowest BCUT2D eigenvalue weighted by molar-refractivity contribution is 0.316. The molecule has 3 aromatic carbocycles. The smallest absolute Gasteiger partial charge is 0.261 e. The molecule has 23 heavy (non-hydrogen) atoms. The first-order valence-corrected chi connectivity index (χ1v) is 9.99. The van der Waals surface area contributed by atoms with E-state index in [0.717, 1.165) is 16.2 Å². The molecule has 3 rings (SSSR count). The van der Waals surface area contributed by atoms with Gasteiger partial charge in [0.15, 0.2) is 0 Å². The van der Waals surface area contributed by atoms with Gasteiger partial charge in [-0.2, -0.15) is 0 Å². The highest BCUT2D eigenvalue weighted by molar-refractivity contribution is 14.1. The third kappa shape index (κ3) is 3.92. The molecule has 0 unspecified atom stereocenters. The molecule has 0 amide bonds. The van der Waals surface area contributed by atoms with E-state index < -0.39 is 7.37 Å². The van der Waals surface area contributed by atoms with Gasteiger partial charge in [0, 0.05) is 14.2 Å². The predicted molar refractivity (Wildman–Crippen MR) is 104 cm³/mol. The van der Waals surface area contributed by atoms with Gasteiger partial charge in [0.2, 0.25) is 0 Å².